The van der Waals surface area contributed by atoms with Gasteiger partial charge >= 0.3 is 0 Å². The van der Waals surface area contributed by atoms with Crippen LogP contribution in [0.1, 0.15) is 43.1 Å². The Morgan fingerprint density at radius 2 is 1.73 bits per heavy atom. The molecule has 0 saturated heterocycles. The Morgan fingerprint density at radius 3 is 2.33 bits per heavy atom. The van der Waals surface area contributed by atoms with Crippen LogP contribution in [-0.2, 0) is 7.05 Å². The standard InChI is InChI=1S/C25H30N4O4/c1-6-18(16-11-8-7-9-12-16)26-20-21(25(33)29(5)24(20)32)27-19-14-10-13-17(22(19)30)23(31)28(4)15(2)3/h7-15,27,30,32-33H,6H2,1-5H3. The van der Waals surface area contributed by atoms with Crippen molar-refractivity contribution in [3.8, 4) is 17.5 Å². The third-order valence-corrected chi connectivity index (χ3v) is 5.62. The largest absolute Gasteiger partial charge is 0.505 e. The molecule has 0 aliphatic carbocycles. The van der Waals surface area contributed by atoms with Gasteiger partial charge in [0.1, 0.15) is 5.69 Å². The van der Waals surface area contributed by atoms with Crippen LogP contribution in [0.3, 0.4) is 0 Å². The van der Waals surface area contributed by atoms with E-state index in [0.717, 1.165) is 5.56 Å². The van der Waals surface area contributed by atoms with Gasteiger partial charge in [-0.2, -0.15) is 0 Å². The molecule has 0 spiro atoms. The molecule has 0 bridgehead atoms. The molecule has 174 valence electrons. The quantitative estimate of drug-likeness (QED) is 0.302. The highest BCUT2D eigenvalue weighted by Gasteiger charge is 2.24. The van der Waals surface area contributed by atoms with Crippen LogP contribution in [0.4, 0.5) is 17.1 Å². The fourth-order valence-corrected chi connectivity index (χ4v) is 3.35. The lowest BCUT2D eigenvalue weighted by molar-refractivity contribution is 0.0752. The number of para-hydroxylation sites is 1. The molecule has 0 saturated carbocycles. The molecule has 1 aromatic heterocycles. The number of hydrogen-bond acceptors (Lipinski definition) is 6. The molecule has 33 heavy (non-hydrogen) atoms. The molecule has 2 aromatic carbocycles. The summed E-state index contributed by atoms with van der Waals surface area (Å²) in [4.78, 5) is 18.9. The predicted octanol–water partition coefficient (Wildman–Crippen LogP) is 4.90. The summed E-state index contributed by atoms with van der Waals surface area (Å²) in [6.45, 7) is 5.71. The zero-order valence-electron chi connectivity index (χ0n) is 19.5. The number of carbonyl (C=O) groups excluding carboxylic acids is 1. The molecule has 8 heteroatoms. The van der Waals surface area contributed by atoms with Gasteiger partial charge < -0.3 is 25.5 Å². The number of phenols is 1. The van der Waals surface area contributed by atoms with Crippen molar-refractivity contribution in [3.63, 3.8) is 0 Å². The van der Waals surface area contributed by atoms with Gasteiger partial charge in [0.2, 0.25) is 11.8 Å². The summed E-state index contributed by atoms with van der Waals surface area (Å²) >= 11 is 0. The van der Waals surface area contributed by atoms with Crippen molar-refractivity contribution in [1.29, 1.82) is 0 Å². The third-order valence-electron chi connectivity index (χ3n) is 5.62. The molecule has 0 atom stereocenters. The van der Waals surface area contributed by atoms with Gasteiger partial charge in [0, 0.05) is 25.8 Å². The normalized spacial score (nSPS) is 11.6. The zero-order valence-corrected chi connectivity index (χ0v) is 19.5. The van der Waals surface area contributed by atoms with Gasteiger partial charge in [-0.25, -0.2) is 4.99 Å². The first-order valence-electron chi connectivity index (χ1n) is 10.8. The minimum absolute atomic E-state index is 0.0463. The van der Waals surface area contributed by atoms with Crippen LogP contribution in [0, 0.1) is 0 Å². The van der Waals surface area contributed by atoms with E-state index in [1.54, 1.807) is 19.2 Å². The van der Waals surface area contributed by atoms with Crippen LogP contribution < -0.4 is 5.32 Å². The topological polar surface area (TPSA) is 110 Å². The van der Waals surface area contributed by atoms with Gasteiger partial charge in [0.15, 0.2) is 11.4 Å². The Balaban J connectivity index is 2.08. The lowest BCUT2D eigenvalue weighted by Crippen LogP contribution is -2.33. The van der Waals surface area contributed by atoms with Crippen molar-refractivity contribution in [2.75, 3.05) is 12.4 Å². The average molecular weight is 451 g/mol. The van der Waals surface area contributed by atoms with Crippen molar-refractivity contribution < 1.29 is 20.1 Å². The monoisotopic (exact) mass is 450 g/mol. The van der Waals surface area contributed by atoms with E-state index >= 15 is 0 Å². The second-order valence-corrected chi connectivity index (χ2v) is 8.04. The summed E-state index contributed by atoms with van der Waals surface area (Å²) < 4.78 is 1.19. The van der Waals surface area contributed by atoms with Gasteiger partial charge in [-0.3, -0.25) is 9.36 Å². The van der Waals surface area contributed by atoms with Crippen molar-refractivity contribution in [2.45, 2.75) is 33.2 Å². The van der Waals surface area contributed by atoms with Gasteiger partial charge in [-0.05, 0) is 38.0 Å². The van der Waals surface area contributed by atoms with Crippen molar-refractivity contribution in [1.82, 2.24) is 9.47 Å². The molecule has 3 aromatic rings. The molecule has 0 fully saturated rings. The fourth-order valence-electron chi connectivity index (χ4n) is 3.35. The van der Waals surface area contributed by atoms with Crippen molar-refractivity contribution >= 4 is 28.7 Å². The minimum Gasteiger partial charge on any atom is -0.505 e. The number of anilines is 2. The number of hydrogen-bond donors (Lipinski definition) is 4. The minimum atomic E-state index is -0.332. The number of aliphatic imine (C=N–C) groups is 1. The summed E-state index contributed by atoms with van der Waals surface area (Å²) in [6.07, 6.45) is 0.593. The Morgan fingerprint density at radius 1 is 1.06 bits per heavy atom. The third kappa shape index (κ3) is 4.64. The number of benzene rings is 2. The molecule has 1 amide bonds. The lowest BCUT2D eigenvalue weighted by atomic mass is 10.1. The summed E-state index contributed by atoms with van der Waals surface area (Å²) in [5.41, 5.74) is 2.18. The SMILES string of the molecule is CCC(=Nc1c(Nc2cccc(C(=O)N(C)C(C)C)c2O)c(O)n(C)c1O)c1ccccc1. The average Bonchev–Trinajstić information content (AvgIpc) is 3.01. The first kappa shape index (κ1) is 23.7. The van der Waals surface area contributed by atoms with Gasteiger partial charge in [-0.1, -0.05) is 43.3 Å². The van der Waals surface area contributed by atoms with Crippen molar-refractivity contribution in [2.24, 2.45) is 12.0 Å². The number of aromatic nitrogens is 1. The van der Waals surface area contributed by atoms with E-state index in [0.29, 0.717) is 12.1 Å². The molecule has 1 heterocycles. The maximum Gasteiger partial charge on any atom is 0.257 e. The Kier molecular flexibility index (Phi) is 6.96. The zero-order chi connectivity index (χ0) is 24.3. The summed E-state index contributed by atoms with van der Waals surface area (Å²) in [6, 6.07) is 14.2. The lowest BCUT2D eigenvalue weighted by Gasteiger charge is -2.22. The number of nitrogens with one attached hydrogen (secondary N) is 1. The predicted molar refractivity (Wildman–Crippen MR) is 130 cm³/mol. The van der Waals surface area contributed by atoms with E-state index in [4.69, 9.17) is 0 Å². The highest BCUT2D eigenvalue weighted by molar-refractivity contribution is 6.04. The smallest absolute Gasteiger partial charge is 0.257 e. The highest BCUT2D eigenvalue weighted by Crippen LogP contribution is 2.47. The molecule has 4 N–H and O–H groups in total. The number of rotatable bonds is 7. The van der Waals surface area contributed by atoms with E-state index in [-0.39, 0.29) is 52.1 Å². The van der Waals surface area contributed by atoms with Crippen molar-refractivity contribution in [3.05, 3.63) is 59.7 Å². The Hall–Kier alpha value is -3.94. The van der Waals surface area contributed by atoms with E-state index in [1.807, 2.05) is 51.1 Å². The van der Waals surface area contributed by atoms with Crippen LogP contribution in [0.25, 0.3) is 0 Å². The van der Waals surface area contributed by atoms with Crippen LogP contribution in [0.15, 0.2) is 53.5 Å². The van der Waals surface area contributed by atoms with Gasteiger partial charge in [0.05, 0.1) is 11.3 Å². The van der Waals surface area contributed by atoms with Gasteiger partial charge in [-0.15, -0.1) is 0 Å². The number of phenolic OH excluding ortho intramolecular Hbond substituents is 1. The fraction of sp³-hybridized carbons (Fsp3) is 0.280. The first-order chi connectivity index (χ1) is 15.7. The maximum atomic E-state index is 12.8. The summed E-state index contributed by atoms with van der Waals surface area (Å²) in [7, 11) is 3.16. The Bertz CT molecular complexity index is 1180. The number of aromatic hydroxyl groups is 3. The second kappa shape index (κ2) is 9.68. The highest BCUT2D eigenvalue weighted by atomic mass is 16.3. The molecule has 0 aliphatic heterocycles. The summed E-state index contributed by atoms with van der Waals surface area (Å²) in [5, 5.41) is 35.1. The van der Waals surface area contributed by atoms with E-state index in [2.05, 4.69) is 10.3 Å². The molecule has 3 rings (SSSR count). The molecule has 0 radical (unpaired) electrons. The van der Waals surface area contributed by atoms with Crippen LogP contribution >= 0.6 is 0 Å². The number of carbonyl (C=O) groups is 1. The first-order valence-corrected chi connectivity index (χ1v) is 10.8. The van der Waals surface area contributed by atoms with E-state index in [1.165, 1.54) is 22.6 Å². The number of nitrogens with zero attached hydrogens (tertiary/aromatic N) is 3. The van der Waals surface area contributed by atoms with E-state index in [9.17, 15) is 20.1 Å². The molecular formula is C25H30N4O4. The number of amides is 1. The van der Waals surface area contributed by atoms with E-state index < -0.39 is 0 Å². The maximum absolute atomic E-state index is 12.8. The Labute approximate surface area is 193 Å². The molecule has 0 aliphatic rings. The van der Waals surface area contributed by atoms with Crippen LogP contribution in [0.2, 0.25) is 0 Å². The molecule has 8 nitrogen and oxygen atoms in total. The molecule has 0 unspecified atom stereocenters. The van der Waals surface area contributed by atoms with Gasteiger partial charge in [0.25, 0.3) is 5.91 Å². The van der Waals surface area contributed by atoms with Crippen LogP contribution in [-0.4, -0.2) is 49.5 Å². The second-order valence-electron chi connectivity index (χ2n) is 8.04. The van der Waals surface area contributed by atoms with Crippen LogP contribution in [0.5, 0.6) is 17.5 Å². The summed E-state index contributed by atoms with van der Waals surface area (Å²) in [5.74, 6) is -1.08. The molecular weight excluding hydrogens is 420 g/mol.